The van der Waals surface area contributed by atoms with Gasteiger partial charge in [-0.1, -0.05) is 25.1 Å². The summed E-state index contributed by atoms with van der Waals surface area (Å²) >= 11 is 1.33. The Hall–Kier alpha value is -0.0200. The number of hydrogen-bond donors (Lipinski definition) is 1. The fourth-order valence-corrected chi connectivity index (χ4v) is 1.39. The number of aliphatic hydroxyl groups excluding tert-OH is 1. The number of thioether (sulfide) groups is 1. The lowest BCUT2D eigenvalue weighted by atomic mass is 10.4. The number of carbonyl (C=O) groups excluding carboxylic acids is 1. The summed E-state index contributed by atoms with van der Waals surface area (Å²) in [6.07, 6.45) is 2.51. The van der Waals surface area contributed by atoms with Gasteiger partial charge in [0.15, 0.2) is 5.12 Å². The SMILES string of the molecule is CCCCSC(=O)CCO. The molecule has 10 heavy (non-hydrogen) atoms. The molecule has 0 aliphatic carbocycles. The van der Waals surface area contributed by atoms with Crippen molar-refractivity contribution in [1.82, 2.24) is 0 Å². The lowest BCUT2D eigenvalue weighted by Crippen LogP contribution is -1.96. The van der Waals surface area contributed by atoms with E-state index in [0.29, 0.717) is 6.42 Å². The summed E-state index contributed by atoms with van der Waals surface area (Å²) in [5, 5.41) is 8.47. The Morgan fingerprint density at radius 2 is 2.30 bits per heavy atom. The van der Waals surface area contributed by atoms with Crippen LogP contribution in [0.25, 0.3) is 0 Å². The Morgan fingerprint density at radius 3 is 2.80 bits per heavy atom. The highest BCUT2D eigenvalue weighted by molar-refractivity contribution is 8.13. The minimum atomic E-state index is -0.0159. The number of rotatable bonds is 5. The molecular formula is C7H14O2S. The van der Waals surface area contributed by atoms with Crippen LogP contribution in [0.5, 0.6) is 0 Å². The average Bonchev–Trinajstić information content (AvgIpc) is 1.89. The standard InChI is InChI=1S/C7H14O2S/c1-2-3-6-10-7(9)4-5-8/h8H,2-6H2,1H3. The molecule has 0 radical (unpaired) electrons. The molecule has 0 aromatic rings. The summed E-state index contributed by atoms with van der Waals surface area (Å²) < 4.78 is 0. The van der Waals surface area contributed by atoms with E-state index < -0.39 is 0 Å². The smallest absolute Gasteiger partial charge is 0.191 e. The van der Waals surface area contributed by atoms with Crippen molar-refractivity contribution in [2.75, 3.05) is 12.4 Å². The largest absolute Gasteiger partial charge is 0.396 e. The van der Waals surface area contributed by atoms with Crippen molar-refractivity contribution in [3.05, 3.63) is 0 Å². The molecule has 0 atom stereocenters. The summed E-state index contributed by atoms with van der Waals surface area (Å²) in [4.78, 5) is 10.7. The molecule has 0 aliphatic heterocycles. The molecule has 0 aromatic carbocycles. The fourth-order valence-electron chi connectivity index (χ4n) is 0.494. The summed E-state index contributed by atoms with van der Waals surface area (Å²) in [5.74, 6) is 0.898. The first kappa shape index (κ1) is 9.98. The van der Waals surface area contributed by atoms with Crippen molar-refractivity contribution in [3.63, 3.8) is 0 Å². The molecule has 0 rings (SSSR count). The molecule has 0 amide bonds. The third-order valence-corrected chi connectivity index (χ3v) is 2.10. The monoisotopic (exact) mass is 162 g/mol. The Balaban J connectivity index is 3.05. The second-order valence-electron chi connectivity index (χ2n) is 2.05. The van der Waals surface area contributed by atoms with E-state index in [2.05, 4.69) is 6.92 Å². The number of carbonyl (C=O) groups is 1. The van der Waals surface area contributed by atoms with Crippen LogP contribution >= 0.6 is 11.8 Å². The van der Waals surface area contributed by atoms with Crippen molar-refractivity contribution in [1.29, 1.82) is 0 Å². The van der Waals surface area contributed by atoms with E-state index in [0.717, 1.165) is 18.6 Å². The first-order chi connectivity index (χ1) is 4.81. The van der Waals surface area contributed by atoms with Gasteiger partial charge in [-0.2, -0.15) is 0 Å². The maximum atomic E-state index is 10.7. The zero-order valence-electron chi connectivity index (χ0n) is 6.30. The summed E-state index contributed by atoms with van der Waals surface area (Å²) in [6, 6.07) is 0. The molecule has 0 saturated heterocycles. The number of aliphatic hydroxyl groups is 1. The third-order valence-electron chi connectivity index (χ3n) is 1.08. The van der Waals surface area contributed by atoms with Gasteiger partial charge in [-0.25, -0.2) is 0 Å². The normalized spacial score (nSPS) is 9.80. The van der Waals surface area contributed by atoms with Gasteiger partial charge in [0.1, 0.15) is 0 Å². The van der Waals surface area contributed by atoms with Crippen LogP contribution in [0.4, 0.5) is 0 Å². The van der Waals surface area contributed by atoms with E-state index in [1.165, 1.54) is 11.8 Å². The molecule has 0 spiro atoms. The lowest BCUT2D eigenvalue weighted by molar-refractivity contribution is -0.111. The molecule has 0 aliphatic rings. The molecule has 0 bridgehead atoms. The van der Waals surface area contributed by atoms with Gasteiger partial charge in [0.2, 0.25) is 0 Å². The van der Waals surface area contributed by atoms with Crippen LogP contribution in [0, 0.1) is 0 Å². The van der Waals surface area contributed by atoms with Gasteiger partial charge in [-0.05, 0) is 6.42 Å². The van der Waals surface area contributed by atoms with Crippen molar-refractivity contribution < 1.29 is 9.90 Å². The molecule has 0 heterocycles. The first-order valence-corrected chi connectivity index (χ1v) is 4.56. The molecule has 2 nitrogen and oxygen atoms in total. The van der Waals surface area contributed by atoms with Crippen LogP contribution in [-0.2, 0) is 4.79 Å². The number of unbranched alkanes of at least 4 members (excludes halogenated alkanes) is 1. The van der Waals surface area contributed by atoms with E-state index >= 15 is 0 Å². The van der Waals surface area contributed by atoms with E-state index in [1.807, 2.05) is 0 Å². The van der Waals surface area contributed by atoms with Crippen molar-refractivity contribution >= 4 is 16.9 Å². The van der Waals surface area contributed by atoms with Crippen LogP contribution in [0.3, 0.4) is 0 Å². The Bertz CT molecular complexity index is 93.6. The van der Waals surface area contributed by atoms with Gasteiger partial charge in [0.05, 0.1) is 6.61 Å². The molecule has 60 valence electrons. The highest BCUT2D eigenvalue weighted by Gasteiger charge is 1.99. The molecular weight excluding hydrogens is 148 g/mol. The van der Waals surface area contributed by atoms with Crippen molar-refractivity contribution in [2.24, 2.45) is 0 Å². The maximum absolute atomic E-state index is 10.7. The predicted octanol–water partition coefficient (Wildman–Crippen LogP) is 1.43. The zero-order chi connectivity index (χ0) is 7.82. The van der Waals surface area contributed by atoms with Gasteiger partial charge in [0, 0.05) is 12.2 Å². The quantitative estimate of drug-likeness (QED) is 0.621. The Morgan fingerprint density at radius 1 is 1.60 bits per heavy atom. The number of hydrogen-bond acceptors (Lipinski definition) is 3. The first-order valence-electron chi connectivity index (χ1n) is 3.57. The van der Waals surface area contributed by atoms with Gasteiger partial charge in [0.25, 0.3) is 0 Å². The highest BCUT2D eigenvalue weighted by atomic mass is 32.2. The molecule has 3 heteroatoms. The minimum absolute atomic E-state index is 0.0159. The second-order valence-corrected chi connectivity index (χ2v) is 3.20. The molecule has 0 aromatic heterocycles. The van der Waals surface area contributed by atoms with Crippen LogP contribution in [0.2, 0.25) is 0 Å². The highest BCUT2D eigenvalue weighted by Crippen LogP contribution is 2.07. The third kappa shape index (κ3) is 6.11. The average molecular weight is 162 g/mol. The maximum Gasteiger partial charge on any atom is 0.191 e. The van der Waals surface area contributed by atoms with Gasteiger partial charge in [-0.15, -0.1) is 0 Å². The lowest BCUT2D eigenvalue weighted by Gasteiger charge is -1.95. The predicted molar refractivity (Wildman–Crippen MR) is 44.1 cm³/mol. The van der Waals surface area contributed by atoms with Crippen LogP contribution in [0.15, 0.2) is 0 Å². The second kappa shape index (κ2) is 7.09. The Labute approximate surface area is 66.0 Å². The molecule has 0 unspecified atom stereocenters. The van der Waals surface area contributed by atoms with E-state index in [4.69, 9.17) is 5.11 Å². The molecule has 0 fully saturated rings. The van der Waals surface area contributed by atoms with Crippen LogP contribution in [-0.4, -0.2) is 22.6 Å². The molecule has 1 N–H and O–H groups in total. The fraction of sp³-hybridized carbons (Fsp3) is 0.857. The topological polar surface area (TPSA) is 37.3 Å². The van der Waals surface area contributed by atoms with E-state index in [1.54, 1.807) is 0 Å². The summed E-state index contributed by atoms with van der Waals surface area (Å²) in [6.45, 7) is 2.08. The van der Waals surface area contributed by atoms with E-state index in [9.17, 15) is 4.79 Å². The van der Waals surface area contributed by atoms with Crippen LogP contribution < -0.4 is 0 Å². The van der Waals surface area contributed by atoms with Crippen molar-refractivity contribution in [2.45, 2.75) is 26.2 Å². The summed E-state index contributed by atoms with van der Waals surface area (Å²) in [5.41, 5.74) is 0. The van der Waals surface area contributed by atoms with E-state index in [-0.39, 0.29) is 11.7 Å². The zero-order valence-corrected chi connectivity index (χ0v) is 7.12. The van der Waals surface area contributed by atoms with Gasteiger partial charge in [-0.3, -0.25) is 4.79 Å². The summed E-state index contributed by atoms with van der Waals surface area (Å²) in [7, 11) is 0. The Kier molecular flexibility index (Phi) is 7.08. The van der Waals surface area contributed by atoms with Crippen LogP contribution in [0.1, 0.15) is 26.2 Å². The minimum Gasteiger partial charge on any atom is -0.396 e. The van der Waals surface area contributed by atoms with Gasteiger partial charge >= 0.3 is 0 Å². The van der Waals surface area contributed by atoms with Crippen molar-refractivity contribution in [3.8, 4) is 0 Å². The molecule has 0 saturated carbocycles. The van der Waals surface area contributed by atoms with Gasteiger partial charge < -0.3 is 5.11 Å².